The number of hydrogen-bond acceptors (Lipinski definition) is 5. The van der Waals surface area contributed by atoms with E-state index in [-0.39, 0.29) is 33.7 Å². The SMILES string of the molecule is CNc1c(F)c(N2CCC(C)(CN)C2)c(F)c2c1c(=O)c(C(=O)O)cn2C1CC1. The van der Waals surface area contributed by atoms with Crippen LogP contribution >= 0.6 is 0 Å². The molecule has 7 nitrogen and oxygen atoms in total. The minimum Gasteiger partial charge on any atom is -0.477 e. The van der Waals surface area contributed by atoms with Crippen LogP contribution in [0.2, 0.25) is 0 Å². The molecule has 0 amide bonds. The maximum atomic E-state index is 15.8. The summed E-state index contributed by atoms with van der Waals surface area (Å²) in [4.78, 5) is 26.0. The van der Waals surface area contributed by atoms with Crippen LogP contribution in [0.25, 0.3) is 10.9 Å². The van der Waals surface area contributed by atoms with Gasteiger partial charge in [0.1, 0.15) is 11.3 Å². The molecule has 0 bridgehead atoms. The van der Waals surface area contributed by atoms with Crippen LogP contribution in [-0.4, -0.2) is 42.3 Å². The number of carbonyl (C=O) groups is 1. The van der Waals surface area contributed by atoms with Gasteiger partial charge in [-0.05, 0) is 31.2 Å². The molecule has 1 saturated carbocycles. The molecule has 1 saturated heterocycles. The fourth-order valence-electron chi connectivity index (χ4n) is 4.21. The third kappa shape index (κ3) is 2.95. The van der Waals surface area contributed by atoms with Crippen LogP contribution in [0.4, 0.5) is 20.2 Å². The number of nitrogens with one attached hydrogen (secondary N) is 1. The van der Waals surface area contributed by atoms with Crippen LogP contribution in [-0.2, 0) is 0 Å². The molecule has 4 N–H and O–H groups in total. The van der Waals surface area contributed by atoms with E-state index in [4.69, 9.17) is 5.73 Å². The molecule has 156 valence electrons. The van der Waals surface area contributed by atoms with Gasteiger partial charge in [-0.1, -0.05) is 6.92 Å². The fourth-order valence-corrected chi connectivity index (χ4v) is 4.21. The third-order valence-electron chi connectivity index (χ3n) is 6.12. The molecule has 2 heterocycles. The fraction of sp³-hybridized carbons (Fsp3) is 0.500. The van der Waals surface area contributed by atoms with Crippen LogP contribution in [0.5, 0.6) is 0 Å². The van der Waals surface area contributed by atoms with E-state index in [2.05, 4.69) is 5.32 Å². The topological polar surface area (TPSA) is 101 Å². The highest BCUT2D eigenvalue weighted by molar-refractivity contribution is 6.00. The lowest BCUT2D eigenvalue weighted by atomic mass is 9.90. The van der Waals surface area contributed by atoms with E-state index < -0.39 is 28.6 Å². The molecule has 0 spiro atoms. The number of anilines is 2. The van der Waals surface area contributed by atoms with Gasteiger partial charge in [0.25, 0.3) is 0 Å². The van der Waals surface area contributed by atoms with Crippen molar-refractivity contribution >= 4 is 28.2 Å². The van der Waals surface area contributed by atoms with Gasteiger partial charge in [0.15, 0.2) is 11.6 Å². The lowest BCUT2D eigenvalue weighted by Crippen LogP contribution is -2.32. The Morgan fingerprint density at radius 2 is 2.07 bits per heavy atom. The average molecular weight is 406 g/mol. The van der Waals surface area contributed by atoms with Gasteiger partial charge >= 0.3 is 5.97 Å². The van der Waals surface area contributed by atoms with E-state index >= 15 is 8.78 Å². The number of rotatable bonds is 5. The molecule has 9 heteroatoms. The number of halogens is 2. The summed E-state index contributed by atoms with van der Waals surface area (Å²) in [6, 6.07) is -0.110. The summed E-state index contributed by atoms with van der Waals surface area (Å²) >= 11 is 0. The normalized spacial score (nSPS) is 21.8. The summed E-state index contributed by atoms with van der Waals surface area (Å²) in [6.07, 6.45) is 3.37. The number of aromatic nitrogens is 1. The van der Waals surface area contributed by atoms with Gasteiger partial charge in [0.05, 0.1) is 16.6 Å². The van der Waals surface area contributed by atoms with Gasteiger partial charge in [0, 0.05) is 32.4 Å². The Kier molecular flexibility index (Phi) is 4.53. The van der Waals surface area contributed by atoms with Crippen LogP contribution in [0.3, 0.4) is 0 Å². The number of fused-ring (bicyclic) bond motifs is 1. The zero-order valence-corrected chi connectivity index (χ0v) is 16.4. The largest absolute Gasteiger partial charge is 0.477 e. The van der Waals surface area contributed by atoms with Gasteiger partial charge in [-0.2, -0.15) is 0 Å². The molecule has 29 heavy (non-hydrogen) atoms. The summed E-state index contributed by atoms with van der Waals surface area (Å²) in [6.45, 7) is 3.21. The number of pyridine rings is 1. The lowest BCUT2D eigenvalue weighted by molar-refractivity contribution is 0.0695. The number of carboxylic acids is 1. The quantitative estimate of drug-likeness (QED) is 0.706. The first-order valence-electron chi connectivity index (χ1n) is 9.68. The second-order valence-corrected chi connectivity index (χ2v) is 8.33. The maximum Gasteiger partial charge on any atom is 0.341 e. The van der Waals surface area contributed by atoms with Crippen molar-refractivity contribution in [3.8, 4) is 0 Å². The molecule has 1 aromatic heterocycles. The Morgan fingerprint density at radius 3 is 2.59 bits per heavy atom. The highest BCUT2D eigenvalue weighted by Crippen LogP contribution is 2.44. The molecule has 1 aliphatic carbocycles. The number of nitrogens with two attached hydrogens (primary N) is 1. The smallest absolute Gasteiger partial charge is 0.341 e. The zero-order chi connectivity index (χ0) is 21.1. The van der Waals surface area contributed by atoms with Crippen molar-refractivity contribution in [3.05, 3.63) is 33.6 Å². The highest BCUT2D eigenvalue weighted by atomic mass is 19.1. The van der Waals surface area contributed by atoms with Crippen molar-refractivity contribution in [1.29, 1.82) is 0 Å². The Hall–Kier alpha value is -2.68. The van der Waals surface area contributed by atoms with Crippen molar-refractivity contribution in [2.45, 2.75) is 32.2 Å². The van der Waals surface area contributed by atoms with Gasteiger partial charge in [-0.3, -0.25) is 4.79 Å². The minimum atomic E-state index is -1.42. The van der Waals surface area contributed by atoms with Crippen molar-refractivity contribution in [1.82, 2.24) is 4.57 Å². The Labute approximate surface area is 166 Å². The number of aromatic carboxylic acids is 1. The van der Waals surface area contributed by atoms with Gasteiger partial charge in [-0.25, -0.2) is 13.6 Å². The molecule has 1 aliphatic heterocycles. The molecule has 2 fully saturated rings. The van der Waals surface area contributed by atoms with E-state index in [1.165, 1.54) is 17.8 Å². The molecule has 2 aromatic rings. The first kappa shape index (κ1) is 19.6. The minimum absolute atomic E-state index is 0.0513. The first-order chi connectivity index (χ1) is 13.7. The molecule has 1 atom stereocenters. The number of nitrogens with zero attached hydrogens (tertiary/aromatic N) is 2. The molecule has 4 rings (SSSR count). The summed E-state index contributed by atoms with van der Waals surface area (Å²) in [5.74, 6) is -3.14. The molecule has 1 aromatic carbocycles. The van der Waals surface area contributed by atoms with E-state index in [1.54, 1.807) is 4.90 Å². The van der Waals surface area contributed by atoms with E-state index in [0.717, 1.165) is 12.8 Å². The molecular weight excluding hydrogens is 382 g/mol. The van der Waals surface area contributed by atoms with E-state index in [0.29, 0.717) is 26.1 Å². The Bertz CT molecular complexity index is 1080. The predicted octanol–water partition coefficient (Wildman–Crippen LogP) is 2.53. The summed E-state index contributed by atoms with van der Waals surface area (Å²) in [5.41, 5.74) is 3.76. The molecule has 2 aliphatic rings. The Morgan fingerprint density at radius 1 is 1.38 bits per heavy atom. The van der Waals surface area contributed by atoms with Crippen LogP contribution < -0.4 is 21.4 Å². The zero-order valence-electron chi connectivity index (χ0n) is 16.4. The first-order valence-corrected chi connectivity index (χ1v) is 9.68. The number of carboxylic acid groups (broad SMARTS) is 1. The van der Waals surface area contributed by atoms with Crippen molar-refractivity contribution in [3.63, 3.8) is 0 Å². The maximum absolute atomic E-state index is 15.8. The van der Waals surface area contributed by atoms with Crippen LogP contribution in [0.1, 0.15) is 42.6 Å². The van der Waals surface area contributed by atoms with Gasteiger partial charge < -0.3 is 25.6 Å². The average Bonchev–Trinajstić information content (AvgIpc) is 3.45. The van der Waals surface area contributed by atoms with Gasteiger partial charge in [-0.15, -0.1) is 0 Å². The highest BCUT2D eigenvalue weighted by Gasteiger charge is 2.38. The number of hydrogen-bond donors (Lipinski definition) is 3. The second-order valence-electron chi connectivity index (χ2n) is 8.33. The predicted molar refractivity (Wildman–Crippen MR) is 107 cm³/mol. The van der Waals surface area contributed by atoms with E-state index in [1.807, 2.05) is 6.92 Å². The van der Waals surface area contributed by atoms with Crippen molar-refractivity contribution in [2.75, 3.05) is 36.9 Å². The van der Waals surface area contributed by atoms with Crippen LogP contribution in [0.15, 0.2) is 11.0 Å². The van der Waals surface area contributed by atoms with E-state index in [9.17, 15) is 14.7 Å². The monoisotopic (exact) mass is 406 g/mol. The molecule has 1 unspecified atom stereocenters. The number of benzene rings is 1. The van der Waals surface area contributed by atoms with Crippen molar-refractivity contribution < 1.29 is 18.7 Å². The van der Waals surface area contributed by atoms with Gasteiger partial charge in [0.2, 0.25) is 5.43 Å². The molecular formula is C20H24F2N4O3. The molecule has 0 radical (unpaired) electrons. The standard InChI is InChI=1S/C20H24F2N4O3/c1-20(8-23)5-6-25(9-20)17-13(21)15(24-2)12-16(14(17)22)26(10-3-4-10)7-11(18(12)27)19(28)29/h7,10,24H,3-6,8-9,23H2,1-2H3,(H,28,29). The summed E-state index contributed by atoms with van der Waals surface area (Å²) in [5, 5.41) is 11.8. The summed E-state index contributed by atoms with van der Waals surface area (Å²) < 4.78 is 32.7. The van der Waals surface area contributed by atoms with Crippen molar-refractivity contribution in [2.24, 2.45) is 11.1 Å². The van der Waals surface area contributed by atoms with Crippen LogP contribution in [0, 0.1) is 17.0 Å². The second kappa shape index (κ2) is 6.69. The Balaban J connectivity index is 2.06. The summed E-state index contributed by atoms with van der Waals surface area (Å²) in [7, 11) is 1.43. The lowest BCUT2D eigenvalue weighted by Gasteiger charge is -2.26. The third-order valence-corrected chi connectivity index (χ3v) is 6.12.